The van der Waals surface area contributed by atoms with Crippen LogP contribution < -0.4 is 10.6 Å². The molecule has 12 nitrogen and oxygen atoms in total. The number of aliphatic hydroxyl groups is 2. The average Bonchev–Trinajstić information content (AvgIpc) is 3.87. The van der Waals surface area contributed by atoms with Gasteiger partial charge in [-0.15, -0.1) is 0 Å². The van der Waals surface area contributed by atoms with Gasteiger partial charge in [0.15, 0.2) is 0 Å². The molecule has 4 fully saturated rings. The van der Waals surface area contributed by atoms with Crippen LogP contribution in [-0.2, 0) is 19.1 Å². The molecule has 272 valence electrons. The van der Waals surface area contributed by atoms with Crippen LogP contribution in [0.2, 0.25) is 20.4 Å². The average molecular weight is 789 g/mol. The van der Waals surface area contributed by atoms with Gasteiger partial charge in [-0.3, -0.25) is 19.6 Å². The fourth-order valence-corrected chi connectivity index (χ4v) is 8.40. The molecule has 8 heterocycles. The van der Waals surface area contributed by atoms with Crippen LogP contribution in [0, 0.1) is 25.7 Å². The number of nitrogens with zero attached hydrogens (tertiary/aromatic N) is 4. The Kier molecular flexibility index (Phi) is 10.7. The topological polar surface area (TPSA) is 169 Å². The molecule has 52 heavy (non-hydrogen) atoms. The van der Waals surface area contributed by atoms with Crippen molar-refractivity contribution in [2.75, 3.05) is 10.6 Å². The second-order valence-electron chi connectivity index (χ2n) is 13.4. The Morgan fingerprint density at radius 1 is 0.673 bits per heavy atom. The van der Waals surface area contributed by atoms with Crippen LogP contribution >= 0.6 is 46.4 Å². The van der Waals surface area contributed by atoms with Gasteiger partial charge in [0.05, 0.1) is 82.3 Å². The van der Waals surface area contributed by atoms with E-state index in [0.717, 1.165) is 22.5 Å². The van der Waals surface area contributed by atoms with Gasteiger partial charge < -0.3 is 30.3 Å². The number of nitrogens with one attached hydrogen (secondary N) is 2. The Balaban J connectivity index is 0.000000162. The number of pyridine rings is 4. The molecule has 4 aliphatic rings. The summed E-state index contributed by atoms with van der Waals surface area (Å²) in [6, 6.07) is 10.7. The molecule has 0 saturated carbocycles. The number of fused-ring (bicyclic) bond motifs is 4. The van der Waals surface area contributed by atoms with E-state index in [4.69, 9.17) is 55.9 Å². The van der Waals surface area contributed by atoms with E-state index in [1.807, 2.05) is 38.1 Å². The minimum atomic E-state index is -0.575. The Morgan fingerprint density at radius 3 is 1.44 bits per heavy atom. The van der Waals surface area contributed by atoms with Crippen molar-refractivity contribution in [3.05, 3.63) is 104 Å². The molecule has 0 aromatic carbocycles. The molecule has 16 heteroatoms. The lowest BCUT2D eigenvalue weighted by Crippen LogP contribution is -2.41. The normalized spacial score (nSPS) is 29.8. The fourth-order valence-electron chi connectivity index (χ4n) is 7.86. The van der Waals surface area contributed by atoms with Crippen LogP contribution in [0.4, 0.5) is 11.4 Å². The summed E-state index contributed by atoms with van der Waals surface area (Å²) in [5.74, 6) is -1.69. The van der Waals surface area contributed by atoms with Crippen LogP contribution in [0.1, 0.15) is 47.2 Å². The minimum Gasteiger partial charge on any atom is -0.390 e. The Labute approximate surface area is 319 Å². The number of aliphatic hydroxyl groups excluding tert-OH is 2. The lowest BCUT2D eigenvalue weighted by atomic mass is 9.74. The molecule has 4 aliphatic heterocycles. The highest BCUT2D eigenvalue weighted by Gasteiger charge is 2.58. The number of carbonyl (C=O) groups is 2. The molecular weight excluding hydrogens is 754 g/mol. The summed E-state index contributed by atoms with van der Waals surface area (Å²) in [5, 5.41) is 27.1. The van der Waals surface area contributed by atoms with Gasteiger partial charge in [0, 0.05) is 48.5 Å². The Hall–Kier alpha value is -3.46. The van der Waals surface area contributed by atoms with Crippen molar-refractivity contribution in [1.29, 1.82) is 0 Å². The molecule has 4 N–H and O–H groups in total. The molecule has 0 radical (unpaired) electrons. The van der Waals surface area contributed by atoms with E-state index in [2.05, 4.69) is 30.6 Å². The molecule has 8 rings (SSSR count). The van der Waals surface area contributed by atoms with Gasteiger partial charge in [-0.05, 0) is 61.4 Å². The van der Waals surface area contributed by atoms with Crippen LogP contribution in [0.5, 0.6) is 0 Å². The van der Waals surface area contributed by atoms with Crippen molar-refractivity contribution in [2.45, 2.75) is 75.1 Å². The quantitative estimate of drug-likeness (QED) is 0.172. The monoisotopic (exact) mass is 786 g/mol. The molecule has 0 aliphatic carbocycles. The third-order valence-electron chi connectivity index (χ3n) is 10.00. The first-order valence-corrected chi connectivity index (χ1v) is 18.1. The highest BCUT2D eigenvalue weighted by atomic mass is 35.5. The zero-order chi connectivity index (χ0) is 36.8. The van der Waals surface area contributed by atoms with E-state index < -0.39 is 36.3 Å². The number of hydrogen-bond donors (Lipinski definition) is 4. The van der Waals surface area contributed by atoms with Gasteiger partial charge in [0.1, 0.15) is 10.3 Å². The number of aromatic nitrogens is 4. The van der Waals surface area contributed by atoms with Gasteiger partial charge in [0.2, 0.25) is 11.8 Å². The summed E-state index contributed by atoms with van der Waals surface area (Å²) in [5.41, 5.74) is 4.53. The van der Waals surface area contributed by atoms with Crippen LogP contribution in [0.25, 0.3) is 0 Å². The zero-order valence-electron chi connectivity index (χ0n) is 27.8. The van der Waals surface area contributed by atoms with E-state index in [-0.39, 0.29) is 56.2 Å². The predicted molar refractivity (Wildman–Crippen MR) is 195 cm³/mol. The van der Waals surface area contributed by atoms with Crippen molar-refractivity contribution < 1.29 is 29.3 Å². The summed E-state index contributed by atoms with van der Waals surface area (Å²) in [7, 11) is 0. The summed E-state index contributed by atoms with van der Waals surface area (Å²) in [4.78, 5) is 42.3. The highest BCUT2D eigenvalue weighted by Crippen LogP contribution is 2.50. The number of amides is 2. The molecule has 4 aromatic rings. The van der Waals surface area contributed by atoms with Gasteiger partial charge in [-0.1, -0.05) is 46.4 Å². The number of anilines is 2. The predicted octanol–water partition coefficient (Wildman–Crippen LogP) is 5.92. The zero-order valence-corrected chi connectivity index (χ0v) is 30.8. The third-order valence-corrected chi connectivity index (χ3v) is 11.4. The minimum absolute atomic E-state index is 0.182. The maximum Gasteiger partial charge on any atom is 0.230 e. The van der Waals surface area contributed by atoms with E-state index in [1.54, 1.807) is 24.5 Å². The second-order valence-corrected chi connectivity index (χ2v) is 15.0. The lowest BCUT2D eigenvalue weighted by Gasteiger charge is -2.30. The van der Waals surface area contributed by atoms with E-state index >= 15 is 0 Å². The van der Waals surface area contributed by atoms with Gasteiger partial charge in [-0.2, -0.15) is 0 Å². The Morgan fingerprint density at radius 2 is 1.08 bits per heavy atom. The first-order valence-electron chi connectivity index (χ1n) is 16.6. The number of carbonyl (C=O) groups excluding carboxylic acids is 2. The Bertz CT molecular complexity index is 1870. The van der Waals surface area contributed by atoms with Crippen LogP contribution in [0.3, 0.4) is 0 Å². The van der Waals surface area contributed by atoms with Crippen molar-refractivity contribution >= 4 is 69.6 Å². The summed E-state index contributed by atoms with van der Waals surface area (Å²) >= 11 is 23.6. The molecule has 4 saturated heterocycles. The molecular formula is C36H34Cl4N6O6. The molecule has 4 aromatic heterocycles. The smallest absolute Gasteiger partial charge is 0.230 e. The lowest BCUT2D eigenvalue weighted by molar-refractivity contribution is -0.122. The second kappa shape index (κ2) is 15.1. The standard InChI is InChI=1S/2C18H17Cl2N3O3/c2*1-8-4-9(2-3-21-8)14-15(13-6-12(24)16(14)26-13)18(25)23-10-5-11(19)17(20)22-7-10/h2*2-5,7,12-16,24H,6H2,1H3,(H,23,25)/t2*12-,13+,14+,15-,16-/m10/s1. The van der Waals surface area contributed by atoms with Crippen molar-refractivity contribution in [2.24, 2.45) is 11.8 Å². The molecule has 0 spiro atoms. The number of halogens is 4. The molecule has 2 amide bonds. The van der Waals surface area contributed by atoms with Crippen molar-refractivity contribution in [1.82, 2.24) is 19.9 Å². The molecule has 4 bridgehead atoms. The highest BCUT2D eigenvalue weighted by molar-refractivity contribution is 6.41. The summed E-state index contributed by atoms with van der Waals surface area (Å²) in [6.45, 7) is 3.79. The van der Waals surface area contributed by atoms with E-state index in [1.165, 1.54) is 12.4 Å². The maximum atomic E-state index is 13.0. The number of aryl methyl sites for hydroxylation is 2. The van der Waals surface area contributed by atoms with Crippen LogP contribution in [-0.4, -0.2) is 78.6 Å². The van der Waals surface area contributed by atoms with Crippen LogP contribution in [0.15, 0.2) is 61.2 Å². The van der Waals surface area contributed by atoms with Gasteiger partial charge in [0.25, 0.3) is 0 Å². The summed E-state index contributed by atoms with van der Waals surface area (Å²) < 4.78 is 11.8. The molecule has 10 atom stereocenters. The van der Waals surface area contributed by atoms with Crippen molar-refractivity contribution in [3.8, 4) is 0 Å². The third kappa shape index (κ3) is 7.36. The first-order chi connectivity index (χ1) is 24.9. The van der Waals surface area contributed by atoms with E-state index in [0.29, 0.717) is 24.2 Å². The summed E-state index contributed by atoms with van der Waals surface area (Å²) in [6.07, 6.45) is 4.63. The number of ether oxygens (including phenoxy) is 2. The molecule has 0 unspecified atom stereocenters. The SMILES string of the molecule is Cc1cc([C@@H]2[C@@H]3O[C@@H](C[C@H]3O)[C@H]2C(=O)Nc2cnc(Cl)c(Cl)c2)ccn1.Cc1cc([C@H]2[C@H]3O[C@H](C[C@@H]3O)[C@@H]2C(=O)Nc2cnc(Cl)c(Cl)c2)ccn1. The van der Waals surface area contributed by atoms with Gasteiger partial charge >= 0.3 is 0 Å². The van der Waals surface area contributed by atoms with Gasteiger partial charge in [-0.25, -0.2) is 9.97 Å². The van der Waals surface area contributed by atoms with E-state index in [9.17, 15) is 19.8 Å². The first kappa shape index (κ1) is 36.9. The number of rotatable bonds is 6. The largest absolute Gasteiger partial charge is 0.390 e. The van der Waals surface area contributed by atoms with Crippen molar-refractivity contribution in [3.63, 3.8) is 0 Å². The maximum absolute atomic E-state index is 13.0. The number of hydrogen-bond acceptors (Lipinski definition) is 10. The fraction of sp³-hybridized carbons (Fsp3) is 0.389.